The summed E-state index contributed by atoms with van der Waals surface area (Å²) in [6.07, 6.45) is 1.63. The maximum Gasteiger partial charge on any atom is 0.235 e. The van der Waals surface area contributed by atoms with E-state index in [2.05, 4.69) is 44.5 Å². The van der Waals surface area contributed by atoms with Crippen molar-refractivity contribution in [3.63, 3.8) is 0 Å². The first kappa shape index (κ1) is 14.1. The SMILES string of the molecule is Cc1ccc(-c2cc(-c3nnc4sc(-c5ccco5)nn34)[nH]n2)cc1. The maximum absolute atomic E-state index is 5.40. The van der Waals surface area contributed by atoms with Crippen LogP contribution in [0.3, 0.4) is 0 Å². The van der Waals surface area contributed by atoms with Crippen molar-refractivity contribution in [3.05, 3.63) is 54.3 Å². The van der Waals surface area contributed by atoms with Gasteiger partial charge in [-0.25, -0.2) is 0 Å². The van der Waals surface area contributed by atoms with Crippen molar-refractivity contribution in [1.29, 1.82) is 0 Å². The van der Waals surface area contributed by atoms with Gasteiger partial charge in [-0.3, -0.25) is 5.10 Å². The Bertz CT molecular complexity index is 1150. The molecular formula is C17H12N6OS. The standard InChI is InChI=1S/C17H12N6OS/c1-10-4-6-11(7-5-10)12-9-13(19-18-12)15-20-21-17-23(15)22-16(25-17)14-3-2-8-24-14/h2-9H,1H3,(H,18,19). The first-order chi connectivity index (χ1) is 12.3. The summed E-state index contributed by atoms with van der Waals surface area (Å²) in [4.78, 5) is 0.702. The summed E-state index contributed by atoms with van der Waals surface area (Å²) in [6, 6.07) is 13.9. The predicted octanol–water partition coefficient (Wildman–Crippen LogP) is 3.81. The van der Waals surface area contributed by atoms with Gasteiger partial charge >= 0.3 is 0 Å². The molecule has 4 aromatic heterocycles. The van der Waals surface area contributed by atoms with Gasteiger partial charge in [0.15, 0.2) is 10.8 Å². The van der Waals surface area contributed by atoms with E-state index in [1.165, 1.54) is 16.9 Å². The van der Waals surface area contributed by atoms with Crippen LogP contribution in [0.4, 0.5) is 0 Å². The Balaban J connectivity index is 1.56. The smallest absolute Gasteiger partial charge is 0.235 e. The Morgan fingerprint density at radius 3 is 2.80 bits per heavy atom. The predicted molar refractivity (Wildman–Crippen MR) is 94.1 cm³/mol. The average Bonchev–Trinajstić information content (AvgIpc) is 3.38. The molecule has 0 aliphatic rings. The third kappa shape index (κ3) is 2.34. The maximum atomic E-state index is 5.40. The number of fused-ring (bicyclic) bond motifs is 1. The van der Waals surface area contributed by atoms with E-state index in [4.69, 9.17) is 4.42 Å². The van der Waals surface area contributed by atoms with Gasteiger partial charge in [-0.2, -0.15) is 9.61 Å². The number of furan rings is 1. The number of hydrogen-bond acceptors (Lipinski definition) is 6. The molecule has 5 aromatic rings. The number of hydrogen-bond donors (Lipinski definition) is 1. The molecule has 0 aliphatic carbocycles. The molecule has 8 heteroatoms. The van der Waals surface area contributed by atoms with Crippen LogP contribution in [0.5, 0.6) is 0 Å². The lowest BCUT2D eigenvalue weighted by atomic mass is 10.1. The first-order valence-electron chi connectivity index (χ1n) is 7.67. The molecule has 25 heavy (non-hydrogen) atoms. The second-order valence-corrected chi connectivity index (χ2v) is 6.59. The molecule has 0 radical (unpaired) electrons. The van der Waals surface area contributed by atoms with Gasteiger partial charge in [0.25, 0.3) is 0 Å². The van der Waals surface area contributed by atoms with E-state index in [1.54, 1.807) is 10.8 Å². The molecule has 0 unspecified atom stereocenters. The quantitative estimate of drug-likeness (QED) is 0.536. The van der Waals surface area contributed by atoms with Crippen molar-refractivity contribution < 1.29 is 4.42 Å². The fraction of sp³-hybridized carbons (Fsp3) is 0.0588. The highest BCUT2D eigenvalue weighted by molar-refractivity contribution is 7.19. The van der Waals surface area contributed by atoms with Crippen LogP contribution in [-0.2, 0) is 0 Å². The summed E-state index contributed by atoms with van der Waals surface area (Å²) in [6.45, 7) is 2.06. The van der Waals surface area contributed by atoms with Gasteiger partial charge < -0.3 is 4.42 Å². The van der Waals surface area contributed by atoms with E-state index in [0.717, 1.165) is 22.0 Å². The fourth-order valence-corrected chi connectivity index (χ4v) is 3.40. The van der Waals surface area contributed by atoms with Gasteiger partial charge in [0.05, 0.1) is 12.0 Å². The molecule has 0 atom stereocenters. The number of aromatic amines is 1. The minimum atomic E-state index is 0.620. The number of H-pyrrole nitrogens is 1. The summed E-state index contributed by atoms with van der Waals surface area (Å²) >= 11 is 1.43. The van der Waals surface area contributed by atoms with Gasteiger partial charge in [0.1, 0.15) is 5.69 Å². The summed E-state index contributed by atoms with van der Waals surface area (Å²) in [5.41, 5.74) is 3.88. The molecule has 4 heterocycles. The number of nitrogens with zero attached hydrogens (tertiary/aromatic N) is 5. The van der Waals surface area contributed by atoms with Crippen molar-refractivity contribution in [2.24, 2.45) is 0 Å². The third-order valence-electron chi connectivity index (χ3n) is 3.89. The van der Waals surface area contributed by atoms with Crippen LogP contribution in [-0.4, -0.2) is 30.0 Å². The normalized spacial score (nSPS) is 11.4. The molecule has 0 saturated heterocycles. The van der Waals surface area contributed by atoms with E-state index in [1.807, 2.05) is 30.3 Å². The fourth-order valence-electron chi connectivity index (χ4n) is 2.59. The highest BCUT2D eigenvalue weighted by Gasteiger charge is 2.17. The number of aromatic nitrogens is 6. The minimum absolute atomic E-state index is 0.620. The van der Waals surface area contributed by atoms with E-state index in [0.29, 0.717) is 16.5 Å². The molecule has 0 fully saturated rings. The van der Waals surface area contributed by atoms with Crippen LogP contribution in [0.25, 0.3) is 38.5 Å². The zero-order chi connectivity index (χ0) is 16.8. The molecule has 5 rings (SSSR count). The van der Waals surface area contributed by atoms with Crippen LogP contribution in [0, 0.1) is 6.92 Å². The molecule has 122 valence electrons. The lowest BCUT2D eigenvalue weighted by Crippen LogP contribution is -1.90. The molecule has 0 amide bonds. The monoisotopic (exact) mass is 348 g/mol. The zero-order valence-corrected chi connectivity index (χ0v) is 14.0. The van der Waals surface area contributed by atoms with E-state index >= 15 is 0 Å². The molecule has 0 aliphatic heterocycles. The Morgan fingerprint density at radius 2 is 2.00 bits per heavy atom. The molecule has 0 bridgehead atoms. The van der Waals surface area contributed by atoms with Gasteiger partial charge in [0.2, 0.25) is 10.8 Å². The average molecular weight is 348 g/mol. The van der Waals surface area contributed by atoms with Crippen LogP contribution in [0.2, 0.25) is 0 Å². The molecule has 0 spiro atoms. The zero-order valence-electron chi connectivity index (χ0n) is 13.2. The van der Waals surface area contributed by atoms with Crippen molar-refractivity contribution in [2.45, 2.75) is 6.92 Å². The topological polar surface area (TPSA) is 84.9 Å². The second-order valence-electron chi connectivity index (χ2n) is 5.64. The number of benzene rings is 1. The molecule has 1 N–H and O–H groups in total. The Morgan fingerprint density at radius 1 is 1.12 bits per heavy atom. The Hall–Kier alpha value is -3.26. The lowest BCUT2D eigenvalue weighted by Gasteiger charge is -1.96. The molecule has 1 aromatic carbocycles. The largest absolute Gasteiger partial charge is 0.462 e. The van der Waals surface area contributed by atoms with Crippen molar-refractivity contribution >= 4 is 16.3 Å². The van der Waals surface area contributed by atoms with Gasteiger partial charge in [0, 0.05) is 5.56 Å². The lowest BCUT2D eigenvalue weighted by molar-refractivity contribution is 0.580. The van der Waals surface area contributed by atoms with Crippen LogP contribution in [0.15, 0.2) is 53.1 Å². The Kier molecular flexibility index (Phi) is 3.04. The van der Waals surface area contributed by atoms with Crippen molar-refractivity contribution in [1.82, 2.24) is 30.0 Å². The minimum Gasteiger partial charge on any atom is -0.462 e. The van der Waals surface area contributed by atoms with Gasteiger partial charge in [-0.05, 0) is 25.1 Å². The summed E-state index contributed by atoms with van der Waals surface area (Å²) in [5.74, 6) is 1.33. The van der Waals surface area contributed by atoms with E-state index in [-0.39, 0.29) is 0 Å². The summed E-state index contributed by atoms with van der Waals surface area (Å²) < 4.78 is 7.11. The van der Waals surface area contributed by atoms with E-state index < -0.39 is 0 Å². The highest BCUT2D eigenvalue weighted by atomic mass is 32.1. The Labute approximate surface area is 146 Å². The van der Waals surface area contributed by atoms with Crippen LogP contribution >= 0.6 is 11.3 Å². The third-order valence-corrected chi connectivity index (χ3v) is 4.80. The summed E-state index contributed by atoms with van der Waals surface area (Å²) in [7, 11) is 0. The van der Waals surface area contributed by atoms with Crippen molar-refractivity contribution in [3.8, 4) is 33.5 Å². The summed E-state index contributed by atoms with van der Waals surface area (Å²) in [5, 5.41) is 21.2. The van der Waals surface area contributed by atoms with Crippen molar-refractivity contribution in [2.75, 3.05) is 0 Å². The van der Waals surface area contributed by atoms with Crippen LogP contribution in [0.1, 0.15) is 5.56 Å². The number of nitrogens with one attached hydrogen (secondary N) is 1. The number of rotatable bonds is 3. The molecule has 7 nitrogen and oxygen atoms in total. The first-order valence-corrected chi connectivity index (χ1v) is 8.48. The molecular weight excluding hydrogens is 336 g/mol. The van der Waals surface area contributed by atoms with Crippen LogP contribution < -0.4 is 0 Å². The van der Waals surface area contributed by atoms with E-state index in [9.17, 15) is 0 Å². The van der Waals surface area contributed by atoms with Gasteiger partial charge in [-0.1, -0.05) is 41.2 Å². The second kappa shape index (κ2) is 5.38. The number of aryl methyl sites for hydroxylation is 1. The highest BCUT2D eigenvalue weighted by Crippen LogP contribution is 2.29. The molecule has 0 saturated carbocycles. The van der Waals surface area contributed by atoms with Gasteiger partial charge in [-0.15, -0.1) is 15.3 Å².